The molecule has 0 spiro atoms. The van der Waals surface area contributed by atoms with Crippen LogP contribution in [0.5, 0.6) is 5.75 Å². The van der Waals surface area contributed by atoms with Crippen LogP contribution < -0.4 is 19.6 Å². The molecule has 1 aliphatic rings. The van der Waals surface area contributed by atoms with Crippen molar-refractivity contribution in [2.45, 2.75) is 32.9 Å². The van der Waals surface area contributed by atoms with E-state index in [0.717, 1.165) is 0 Å². The SMILES string of the molecule is COC(=O)c1ccc(Cl)cc1-c1ccc(/C=c2\sc3n(c2=O)[C@@H](c2cccc(OC)c2)C(C(=O)OC(C)C)=C(C)N=3)o1. The number of carbonyl (C=O) groups is 2. The molecule has 0 unspecified atom stereocenters. The summed E-state index contributed by atoms with van der Waals surface area (Å²) in [4.78, 5) is 44.5. The Morgan fingerprint density at radius 3 is 2.60 bits per heavy atom. The number of halogens is 1. The summed E-state index contributed by atoms with van der Waals surface area (Å²) in [6.45, 7) is 5.25. The maximum Gasteiger partial charge on any atom is 0.338 e. The number of furan rings is 1. The summed E-state index contributed by atoms with van der Waals surface area (Å²) in [6, 6.07) is 14.5. The van der Waals surface area contributed by atoms with Crippen LogP contribution in [0.15, 0.2) is 80.1 Å². The molecule has 2 aromatic heterocycles. The highest BCUT2D eigenvalue weighted by atomic mass is 35.5. The van der Waals surface area contributed by atoms with Gasteiger partial charge in [0.1, 0.15) is 17.3 Å². The van der Waals surface area contributed by atoms with Gasteiger partial charge in [-0.1, -0.05) is 35.1 Å². The minimum atomic E-state index is -0.786. The van der Waals surface area contributed by atoms with E-state index in [1.807, 2.05) is 6.07 Å². The fraction of sp³-hybridized carbons (Fsp3) is 0.226. The highest BCUT2D eigenvalue weighted by Gasteiger charge is 2.34. The minimum absolute atomic E-state index is 0.271. The Bertz CT molecular complexity index is 1920. The van der Waals surface area contributed by atoms with Crippen molar-refractivity contribution in [3.05, 3.63) is 107 Å². The van der Waals surface area contributed by atoms with E-state index in [9.17, 15) is 14.4 Å². The van der Waals surface area contributed by atoms with Gasteiger partial charge in [0.05, 0.1) is 47.7 Å². The molecule has 0 aliphatic carbocycles. The third-order valence-corrected chi connectivity index (χ3v) is 7.76. The van der Waals surface area contributed by atoms with Gasteiger partial charge in [0.25, 0.3) is 5.56 Å². The number of methoxy groups -OCH3 is 2. The zero-order valence-electron chi connectivity index (χ0n) is 23.5. The van der Waals surface area contributed by atoms with Crippen LogP contribution in [0.3, 0.4) is 0 Å². The second-order valence-corrected chi connectivity index (χ2v) is 11.1. The lowest BCUT2D eigenvalue weighted by Gasteiger charge is -2.25. The van der Waals surface area contributed by atoms with Gasteiger partial charge in [-0.15, -0.1) is 0 Å². The third kappa shape index (κ3) is 5.55. The van der Waals surface area contributed by atoms with E-state index in [1.165, 1.54) is 23.0 Å². The molecule has 216 valence electrons. The number of ether oxygens (including phenoxy) is 3. The smallest absolute Gasteiger partial charge is 0.338 e. The zero-order valence-corrected chi connectivity index (χ0v) is 25.0. The number of allylic oxidation sites excluding steroid dienone is 1. The summed E-state index contributed by atoms with van der Waals surface area (Å²) in [5, 5.41) is 0.420. The molecule has 1 atom stereocenters. The van der Waals surface area contributed by atoms with Crippen LogP contribution in [-0.2, 0) is 14.3 Å². The van der Waals surface area contributed by atoms with Crippen molar-refractivity contribution < 1.29 is 28.2 Å². The molecular formula is C31H27ClN2O7S. The van der Waals surface area contributed by atoms with Crippen LogP contribution in [0.2, 0.25) is 5.02 Å². The molecule has 1 aliphatic heterocycles. The highest BCUT2D eigenvalue weighted by Crippen LogP contribution is 2.33. The number of rotatable bonds is 7. The van der Waals surface area contributed by atoms with E-state index < -0.39 is 18.0 Å². The van der Waals surface area contributed by atoms with Crippen molar-refractivity contribution in [1.29, 1.82) is 0 Å². The summed E-state index contributed by atoms with van der Waals surface area (Å²) >= 11 is 7.36. The summed E-state index contributed by atoms with van der Waals surface area (Å²) in [5.74, 6) is 0.246. The Hall–Kier alpha value is -4.41. The molecule has 5 rings (SSSR count). The minimum Gasteiger partial charge on any atom is -0.497 e. The van der Waals surface area contributed by atoms with E-state index in [4.69, 9.17) is 30.2 Å². The number of nitrogens with zero attached hydrogens (tertiary/aromatic N) is 2. The average molecular weight is 607 g/mol. The molecule has 0 bridgehead atoms. The largest absolute Gasteiger partial charge is 0.497 e. The van der Waals surface area contributed by atoms with Gasteiger partial charge in [-0.3, -0.25) is 9.36 Å². The van der Waals surface area contributed by atoms with E-state index in [1.54, 1.807) is 82.5 Å². The number of aromatic nitrogens is 1. The molecular weight excluding hydrogens is 580 g/mol. The Morgan fingerprint density at radius 1 is 1.10 bits per heavy atom. The predicted molar refractivity (Wildman–Crippen MR) is 158 cm³/mol. The summed E-state index contributed by atoms with van der Waals surface area (Å²) < 4.78 is 23.7. The number of hydrogen-bond acceptors (Lipinski definition) is 9. The zero-order chi connectivity index (χ0) is 30.1. The van der Waals surface area contributed by atoms with Crippen LogP contribution in [-0.4, -0.2) is 36.8 Å². The molecule has 11 heteroatoms. The maximum absolute atomic E-state index is 13.9. The van der Waals surface area contributed by atoms with Crippen molar-refractivity contribution in [3.8, 4) is 17.1 Å². The lowest BCUT2D eigenvalue weighted by atomic mass is 9.95. The first-order chi connectivity index (χ1) is 20.1. The first-order valence-corrected chi connectivity index (χ1v) is 14.2. The summed E-state index contributed by atoms with van der Waals surface area (Å²) in [5.41, 5.74) is 1.79. The summed E-state index contributed by atoms with van der Waals surface area (Å²) in [7, 11) is 2.84. The van der Waals surface area contributed by atoms with Crippen molar-refractivity contribution in [2.75, 3.05) is 14.2 Å². The molecule has 4 aromatic rings. The summed E-state index contributed by atoms with van der Waals surface area (Å²) in [6.07, 6.45) is 1.24. The van der Waals surface area contributed by atoms with Gasteiger partial charge in [0, 0.05) is 16.7 Å². The Morgan fingerprint density at radius 2 is 1.88 bits per heavy atom. The third-order valence-electron chi connectivity index (χ3n) is 6.55. The molecule has 42 heavy (non-hydrogen) atoms. The number of carbonyl (C=O) groups excluding carboxylic acids is 2. The van der Waals surface area contributed by atoms with Crippen LogP contribution in [0, 0.1) is 0 Å². The molecule has 2 aromatic carbocycles. The fourth-order valence-corrected chi connectivity index (χ4v) is 5.90. The van der Waals surface area contributed by atoms with Gasteiger partial charge >= 0.3 is 11.9 Å². The van der Waals surface area contributed by atoms with Crippen molar-refractivity contribution in [2.24, 2.45) is 4.99 Å². The lowest BCUT2D eigenvalue weighted by Crippen LogP contribution is -2.40. The van der Waals surface area contributed by atoms with E-state index in [-0.39, 0.29) is 22.8 Å². The maximum atomic E-state index is 13.9. The van der Waals surface area contributed by atoms with Crippen molar-refractivity contribution >= 4 is 41.0 Å². The van der Waals surface area contributed by atoms with E-state index >= 15 is 0 Å². The van der Waals surface area contributed by atoms with Gasteiger partial charge < -0.3 is 18.6 Å². The van der Waals surface area contributed by atoms with Crippen molar-refractivity contribution in [3.63, 3.8) is 0 Å². The predicted octanol–water partition coefficient (Wildman–Crippen LogP) is 4.90. The standard InChI is InChI=1S/C31H27ClN2O7S/c1-16(2)40-30(37)26-17(3)33-31-34(27(26)18-7-6-8-20(13-18)38-4)28(35)25(42-31)15-21-10-12-24(41-21)23-14-19(32)9-11-22(23)29(36)39-5/h6-16,27H,1-5H3/b25-15-/t27-/m0/s1. The van der Waals surface area contributed by atoms with Crippen LogP contribution in [0.4, 0.5) is 0 Å². The molecule has 0 saturated carbocycles. The normalized spacial score (nSPS) is 14.9. The molecule has 0 radical (unpaired) electrons. The van der Waals surface area contributed by atoms with Gasteiger partial charge in [0.2, 0.25) is 0 Å². The first-order valence-electron chi connectivity index (χ1n) is 13.0. The molecule has 0 amide bonds. The average Bonchev–Trinajstić information content (AvgIpc) is 3.55. The number of hydrogen-bond donors (Lipinski definition) is 0. The van der Waals surface area contributed by atoms with Gasteiger partial charge in [0.15, 0.2) is 4.80 Å². The lowest BCUT2D eigenvalue weighted by molar-refractivity contribution is -0.143. The van der Waals surface area contributed by atoms with Crippen LogP contribution in [0.1, 0.15) is 48.5 Å². The van der Waals surface area contributed by atoms with Crippen LogP contribution >= 0.6 is 22.9 Å². The number of esters is 2. The van der Waals surface area contributed by atoms with Crippen molar-refractivity contribution in [1.82, 2.24) is 4.57 Å². The Balaban J connectivity index is 1.64. The first kappa shape index (κ1) is 29.1. The molecule has 0 fully saturated rings. The Labute approximate surface area is 249 Å². The van der Waals surface area contributed by atoms with Gasteiger partial charge in [-0.05, 0) is 68.8 Å². The monoisotopic (exact) mass is 606 g/mol. The molecule has 3 heterocycles. The second-order valence-electron chi connectivity index (χ2n) is 9.70. The van der Waals surface area contributed by atoms with Crippen LogP contribution in [0.25, 0.3) is 17.4 Å². The van der Waals surface area contributed by atoms with Gasteiger partial charge in [-0.25, -0.2) is 14.6 Å². The molecule has 0 N–H and O–H groups in total. The number of fused-ring (bicyclic) bond motifs is 1. The van der Waals surface area contributed by atoms with Gasteiger partial charge in [-0.2, -0.15) is 0 Å². The second kappa shape index (κ2) is 11.8. The quantitative estimate of drug-likeness (QED) is 0.275. The molecule has 9 nitrogen and oxygen atoms in total. The fourth-order valence-electron chi connectivity index (χ4n) is 4.70. The number of benzene rings is 2. The topological polar surface area (TPSA) is 109 Å². The van der Waals surface area contributed by atoms with E-state index in [2.05, 4.69) is 4.99 Å². The van der Waals surface area contributed by atoms with E-state index in [0.29, 0.717) is 48.5 Å². The Kier molecular flexibility index (Phi) is 8.20. The number of thiazole rings is 1. The molecule has 0 saturated heterocycles. The highest BCUT2D eigenvalue weighted by molar-refractivity contribution is 7.07.